The van der Waals surface area contributed by atoms with E-state index in [4.69, 9.17) is 4.74 Å². The summed E-state index contributed by atoms with van der Waals surface area (Å²) >= 11 is 0. The van der Waals surface area contributed by atoms with Crippen molar-refractivity contribution in [3.63, 3.8) is 0 Å². The third kappa shape index (κ3) is 0.983. The Bertz CT molecular complexity index is 88.7. The third-order valence-electron chi connectivity index (χ3n) is 2.66. The van der Waals surface area contributed by atoms with Crippen LogP contribution in [-0.4, -0.2) is 12.7 Å². The van der Waals surface area contributed by atoms with Crippen molar-refractivity contribution in [1.82, 2.24) is 0 Å². The SMILES string of the molecule is C1CCC2OCCC2C1. The van der Waals surface area contributed by atoms with Gasteiger partial charge >= 0.3 is 0 Å². The predicted molar refractivity (Wildman–Crippen MR) is 36.3 cm³/mol. The molecule has 1 saturated carbocycles. The van der Waals surface area contributed by atoms with Crippen molar-refractivity contribution in [1.29, 1.82) is 0 Å². The molecular weight excluding hydrogens is 112 g/mol. The second-order valence-electron chi connectivity index (χ2n) is 3.24. The first kappa shape index (κ1) is 5.72. The number of hydrogen-bond acceptors (Lipinski definition) is 1. The lowest BCUT2D eigenvalue weighted by molar-refractivity contribution is 0.0663. The zero-order valence-corrected chi connectivity index (χ0v) is 5.81. The summed E-state index contributed by atoms with van der Waals surface area (Å²) in [4.78, 5) is 0. The van der Waals surface area contributed by atoms with Crippen molar-refractivity contribution in [2.75, 3.05) is 6.61 Å². The second-order valence-corrected chi connectivity index (χ2v) is 3.24. The van der Waals surface area contributed by atoms with Crippen LogP contribution in [0.1, 0.15) is 32.1 Å². The quantitative estimate of drug-likeness (QED) is 0.482. The van der Waals surface area contributed by atoms with Gasteiger partial charge in [-0.15, -0.1) is 0 Å². The van der Waals surface area contributed by atoms with Gasteiger partial charge < -0.3 is 4.74 Å². The molecule has 0 radical (unpaired) electrons. The lowest BCUT2D eigenvalue weighted by atomic mass is 9.86. The van der Waals surface area contributed by atoms with Crippen molar-refractivity contribution in [3.8, 4) is 0 Å². The van der Waals surface area contributed by atoms with Gasteiger partial charge in [-0.05, 0) is 25.2 Å². The number of fused-ring (bicyclic) bond motifs is 1. The van der Waals surface area contributed by atoms with E-state index < -0.39 is 0 Å². The molecule has 0 N–H and O–H groups in total. The standard InChI is InChI=1S/C8H14O/c1-2-4-8-7(3-1)5-6-9-8/h7-8H,1-6H2. The average Bonchev–Trinajstić information content (AvgIpc) is 2.33. The second kappa shape index (κ2) is 2.30. The molecule has 1 aliphatic heterocycles. The van der Waals surface area contributed by atoms with Gasteiger partial charge in [-0.1, -0.05) is 12.8 Å². The Kier molecular flexibility index (Phi) is 1.46. The van der Waals surface area contributed by atoms with Crippen LogP contribution >= 0.6 is 0 Å². The van der Waals surface area contributed by atoms with Crippen LogP contribution in [0.5, 0.6) is 0 Å². The molecule has 2 aliphatic rings. The molecular formula is C8H14O. The normalized spacial score (nSPS) is 42.7. The fourth-order valence-electron chi connectivity index (χ4n) is 2.09. The zero-order valence-electron chi connectivity index (χ0n) is 5.81. The van der Waals surface area contributed by atoms with Crippen molar-refractivity contribution in [2.24, 2.45) is 5.92 Å². The summed E-state index contributed by atoms with van der Waals surface area (Å²) in [5.41, 5.74) is 0. The molecule has 0 aromatic carbocycles. The molecule has 1 nitrogen and oxygen atoms in total. The lowest BCUT2D eigenvalue weighted by Gasteiger charge is -2.22. The molecule has 0 aromatic heterocycles. The molecule has 1 heteroatoms. The fraction of sp³-hybridized carbons (Fsp3) is 1.00. The summed E-state index contributed by atoms with van der Waals surface area (Å²) in [6.45, 7) is 1.04. The largest absolute Gasteiger partial charge is 0.378 e. The van der Waals surface area contributed by atoms with E-state index in [1.165, 1.54) is 32.1 Å². The molecule has 0 bridgehead atoms. The monoisotopic (exact) mass is 126 g/mol. The topological polar surface area (TPSA) is 9.23 Å². The van der Waals surface area contributed by atoms with Gasteiger partial charge in [-0.25, -0.2) is 0 Å². The van der Waals surface area contributed by atoms with Crippen LogP contribution in [0.3, 0.4) is 0 Å². The molecule has 0 aromatic rings. The summed E-state index contributed by atoms with van der Waals surface area (Å²) in [5.74, 6) is 0.943. The molecule has 1 heterocycles. The van der Waals surface area contributed by atoms with E-state index in [2.05, 4.69) is 0 Å². The van der Waals surface area contributed by atoms with Crippen molar-refractivity contribution >= 4 is 0 Å². The van der Waals surface area contributed by atoms with Gasteiger partial charge in [0.05, 0.1) is 6.10 Å². The minimum absolute atomic E-state index is 0.666. The average molecular weight is 126 g/mol. The van der Waals surface area contributed by atoms with Crippen LogP contribution < -0.4 is 0 Å². The molecule has 2 fully saturated rings. The van der Waals surface area contributed by atoms with Crippen LogP contribution in [0, 0.1) is 5.92 Å². The predicted octanol–water partition coefficient (Wildman–Crippen LogP) is 1.97. The smallest absolute Gasteiger partial charge is 0.0604 e. The van der Waals surface area contributed by atoms with Crippen molar-refractivity contribution in [3.05, 3.63) is 0 Å². The molecule has 2 unspecified atom stereocenters. The fourth-order valence-corrected chi connectivity index (χ4v) is 2.09. The summed E-state index contributed by atoms with van der Waals surface area (Å²) in [7, 11) is 0. The van der Waals surface area contributed by atoms with E-state index in [-0.39, 0.29) is 0 Å². The molecule has 1 aliphatic carbocycles. The number of hydrogen-bond donors (Lipinski definition) is 0. The van der Waals surface area contributed by atoms with Gasteiger partial charge in [0.2, 0.25) is 0 Å². The van der Waals surface area contributed by atoms with Crippen molar-refractivity contribution in [2.45, 2.75) is 38.2 Å². The summed E-state index contributed by atoms with van der Waals surface area (Å²) in [6, 6.07) is 0. The third-order valence-corrected chi connectivity index (χ3v) is 2.66. The van der Waals surface area contributed by atoms with E-state index in [1.54, 1.807) is 0 Å². The summed E-state index contributed by atoms with van der Waals surface area (Å²) in [5, 5.41) is 0. The zero-order chi connectivity index (χ0) is 6.10. The Morgan fingerprint density at radius 1 is 1.00 bits per heavy atom. The summed E-state index contributed by atoms with van der Waals surface area (Å²) < 4.78 is 5.56. The first-order chi connectivity index (χ1) is 4.47. The van der Waals surface area contributed by atoms with E-state index in [9.17, 15) is 0 Å². The molecule has 52 valence electrons. The van der Waals surface area contributed by atoms with Crippen LogP contribution in [-0.2, 0) is 4.74 Å². The van der Waals surface area contributed by atoms with Crippen LogP contribution in [0.4, 0.5) is 0 Å². The first-order valence-corrected chi connectivity index (χ1v) is 4.08. The minimum Gasteiger partial charge on any atom is -0.378 e. The van der Waals surface area contributed by atoms with E-state index in [1.807, 2.05) is 0 Å². The van der Waals surface area contributed by atoms with E-state index in [0.717, 1.165) is 12.5 Å². The molecule has 0 amide bonds. The highest BCUT2D eigenvalue weighted by molar-refractivity contribution is 4.79. The molecule has 0 spiro atoms. The van der Waals surface area contributed by atoms with Crippen LogP contribution in [0.15, 0.2) is 0 Å². The van der Waals surface area contributed by atoms with Gasteiger partial charge in [0.1, 0.15) is 0 Å². The molecule has 2 atom stereocenters. The van der Waals surface area contributed by atoms with E-state index in [0.29, 0.717) is 6.10 Å². The number of rotatable bonds is 0. The van der Waals surface area contributed by atoms with Crippen LogP contribution in [0.25, 0.3) is 0 Å². The number of ether oxygens (including phenoxy) is 1. The Morgan fingerprint density at radius 3 is 2.78 bits per heavy atom. The van der Waals surface area contributed by atoms with Gasteiger partial charge in [0.25, 0.3) is 0 Å². The maximum atomic E-state index is 5.56. The highest BCUT2D eigenvalue weighted by Gasteiger charge is 2.29. The maximum absolute atomic E-state index is 5.56. The van der Waals surface area contributed by atoms with Gasteiger partial charge in [-0.3, -0.25) is 0 Å². The van der Waals surface area contributed by atoms with E-state index >= 15 is 0 Å². The molecule has 9 heavy (non-hydrogen) atoms. The highest BCUT2D eigenvalue weighted by Crippen LogP contribution is 2.33. The molecule has 2 rings (SSSR count). The van der Waals surface area contributed by atoms with Crippen molar-refractivity contribution < 1.29 is 4.74 Å². The van der Waals surface area contributed by atoms with Gasteiger partial charge in [0.15, 0.2) is 0 Å². The van der Waals surface area contributed by atoms with Crippen LogP contribution in [0.2, 0.25) is 0 Å². The lowest BCUT2D eigenvalue weighted by Crippen LogP contribution is -2.19. The highest BCUT2D eigenvalue weighted by atomic mass is 16.5. The Morgan fingerprint density at radius 2 is 1.89 bits per heavy atom. The minimum atomic E-state index is 0.666. The van der Waals surface area contributed by atoms with Gasteiger partial charge in [-0.2, -0.15) is 0 Å². The Hall–Kier alpha value is -0.0400. The first-order valence-electron chi connectivity index (χ1n) is 4.08. The maximum Gasteiger partial charge on any atom is 0.0604 e. The summed E-state index contributed by atoms with van der Waals surface area (Å²) in [6.07, 6.45) is 7.63. The Labute approximate surface area is 56.4 Å². The molecule has 1 saturated heterocycles. The van der Waals surface area contributed by atoms with Gasteiger partial charge in [0, 0.05) is 6.61 Å². The Balaban J connectivity index is 1.97.